The van der Waals surface area contributed by atoms with E-state index in [4.69, 9.17) is 5.73 Å². The zero-order chi connectivity index (χ0) is 15.0. The maximum absolute atomic E-state index is 12.5. The maximum atomic E-state index is 12.5. The van der Waals surface area contributed by atoms with Crippen LogP contribution in [0.1, 0.15) is 58.8 Å². The zero-order valence-electron chi connectivity index (χ0n) is 13.2. The monoisotopic (exact) mass is 290 g/mol. The molecule has 5 rings (SSSR count). The van der Waals surface area contributed by atoms with Gasteiger partial charge in [0.05, 0.1) is 5.92 Å². The molecule has 1 saturated heterocycles. The molecule has 0 aromatic heterocycles. The molecule has 0 aromatic rings. The van der Waals surface area contributed by atoms with E-state index in [-0.39, 0.29) is 23.3 Å². The Morgan fingerprint density at radius 3 is 2.24 bits per heavy atom. The summed E-state index contributed by atoms with van der Waals surface area (Å²) in [4.78, 5) is 26.1. The minimum Gasteiger partial charge on any atom is -0.369 e. The van der Waals surface area contributed by atoms with E-state index in [0.29, 0.717) is 23.8 Å². The van der Waals surface area contributed by atoms with Crippen LogP contribution in [0.2, 0.25) is 0 Å². The number of carbonyl (C=O) groups excluding carboxylic acids is 2. The number of nitrogens with zero attached hydrogens (tertiary/aromatic N) is 1. The Bertz CT molecular complexity index is 511. The van der Waals surface area contributed by atoms with E-state index in [2.05, 4.69) is 18.7 Å². The quantitative estimate of drug-likeness (QED) is 0.846. The lowest BCUT2D eigenvalue weighted by molar-refractivity contribution is -0.170. The third-order valence-corrected chi connectivity index (χ3v) is 6.70. The molecule has 1 heterocycles. The molecule has 0 unspecified atom stereocenters. The van der Waals surface area contributed by atoms with Crippen molar-refractivity contribution in [3.8, 4) is 0 Å². The second-order valence-electron chi connectivity index (χ2n) is 9.16. The summed E-state index contributed by atoms with van der Waals surface area (Å²) < 4.78 is 0. The minimum atomic E-state index is -0.312. The largest absolute Gasteiger partial charge is 0.369 e. The van der Waals surface area contributed by atoms with Crippen LogP contribution in [0.15, 0.2) is 0 Å². The minimum absolute atomic E-state index is 0.0181. The number of rotatable bonds is 2. The van der Waals surface area contributed by atoms with Crippen LogP contribution in [-0.4, -0.2) is 28.8 Å². The van der Waals surface area contributed by atoms with Crippen molar-refractivity contribution >= 4 is 11.8 Å². The molecule has 4 nitrogen and oxygen atoms in total. The normalized spacial score (nSPS) is 51.7. The first kappa shape index (κ1) is 13.6. The molecule has 5 aliphatic rings. The Morgan fingerprint density at radius 2 is 1.76 bits per heavy atom. The molecule has 4 aliphatic carbocycles. The number of primary amides is 1. The molecule has 21 heavy (non-hydrogen) atoms. The predicted octanol–water partition coefficient (Wildman–Crippen LogP) is 2.07. The predicted molar refractivity (Wildman–Crippen MR) is 79.2 cm³/mol. The molecule has 2 N–H and O–H groups in total. The fourth-order valence-corrected chi connectivity index (χ4v) is 7.04. The zero-order valence-corrected chi connectivity index (χ0v) is 13.2. The van der Waals surface area contributed by atoms with Gasteiger partial charge in [-0.25, -0.2) is 0 Å². The molecule has 1 aliphatic heterocycles. The summed E-state index contributed by atoms with van der Waals surface area (Å²) in [7, 11) is 0. The Balaban J connectivity index is 1.68. The first-order valence-corrected chi connectivity index (χ1v) is 8.33. The van der Waals surface area contributed by atoms with Crippen LogP contribution in [0.4, 0.5) is 0 Å². The van der Waals surface area contributed by atoms with Crippen molar-refractivity contribution in [1.29, 1.82) is 0 Å². The van der Waals surface area contributed by atoms with Crippen LogP contribution in [-0.2, 0) is 9.59 Å². The highest BCUT2D eigenvalue weighted by atomic mass is 16.2. The van der Waals surface area contributed by atoms with Gasteiger partial charge in [-0.3, -0.25) is 9.59 Å². The van der Waals surface area contributed by atoms with Crippen LogP contribution in [0.25, 0.3) is 0 Å². The Labute approximate surface area is 126 Å². The van der Waals surface area contributed by atoms with Crippen molar-refractivity contribution in [2.24, 2.45) is 28.4 Å². The lowest BCUT2D eigenvalue weighted by Gasteiger charge is -2.67. The topological polar surface area (TPSA) is 63.4 Å². The first-order chi connectivity index (χ1) is 9.73. The van der Waals surface area contributed by atoms with E-state index in [9.17, 15) is 9.59 Å². The summed E-state index contributed by atoms with van der Waals surface area (Å²) in [6.07, 6.45) is 7.69. The van der Waals surface area contributed by atoms with E-state index >= 15 is 0 Å². The fourth-order valence-electron chi connectivity index (χ4n) is 7.04. The number of hydrogen-bond acceptors (Lipinski definition) is 2. The van der Waals surface area contributed by atoms with Crippen LogP contribution in [0.5, 0.6) is 0 Å². The standard InChI is InChI=1S/C17H26N2O2/c1-15-4-11-5-16(2,8-15)10-17(6-11,9-15)19-7-12(14(18)21)3-13(19)20/h11-12H,3-10H2,1-2H3,(H2,18,21)/t11?,12-,15+,16+,17?/m1/s1. The van der Waals surface area contributed by atoms with Crippen molar-refractivity contribution in [3.05, 3.63) is 0 Å². The third kappa shape index (κ3) is 1.87. The average molecular weight is 290 g/mol. The summed E-state index contributed by atoms with van der Waals surface area (Å²) in [5, 5.41) is 0. The molecule has 0 radical (unpaired) electrons. The number of likely N-dealkylation sites (tertiary alicyclic amines) is 1. The molecule has 4 bridgehead atoms. The van der Waals surface area contributed by atoms with Gasteiger partial charge in [0.25, 0.3) is 0 Å². The molecular formula is C17H26N2O2. The van der Waals surface area contributed by atoms with Crippen LogP contribution < -0.4 is 5.73 Å². The molecule has 116 valence electrons. The Hall–Kier alpha value is -1.06. The van der Waals surface area contributed by atoms with Crippen molar-refractivity contribution in [1.82, 2.24) is 4.90 Å². The number of amides is 2. The number of carbonyl (C=O) groups is 2. The van der Waals surface area contributed by atoms with Crippen molar-refractivity contribution < 1.29 is 9.59 Å². The maximum Gasteiger partial charge on any atom is 0.223 e. The first-order valence-electron chi connectivity index (χ1n) is 8.33. The smallest absolute Gasteiger partial charge is 0.223 e. The highest BCUT2D eigenvalue weighted by molar-refractivity contribution is 5.89. The van der Waals surface area contributed by atoms with E-state index in [1.807, 2.05) is 0 Å². The lowest BCUT2D eigenvalue weighted by Crippen LogP contribution is -2.65. The molecule has 2 amide bonds. The Kier molecular flexibility index (Phi) is 2.47. The SMILES string of the molecule is C[C@@]12CC3CC(N4C[C@H](C(N)=O)CC4=O)(C1)C[C@@](C)(C3)C2. The van der Waals surface area contributed by atoms with E-state index in [0.717, 1.165) is 25.2 Å². The van der Waals surface area contributed by atoms with Crippen LogP contribution in [0.3, 0.4) is 0 Å². The molecule has 0 aromatic carbocycles. The highest BCUT2D eigenvalue weighted by Gasteiger charge is 2.63. The van der Waals surface area contributed by atoms with Gasteiger partial charge in [-0.2, -0.15) is 0 Å². The average Bonchev–Trinajstić information content (AvgIpc) is 2.67. The van der Waals surface area contributed by atoms with Gasteiger partial charge in [-0.05, 0) is 55.3 Å². The molecule has 3 atom stereocenters. The third-order valence-electron chi connectivity index (χ3n) is 6.70. The summed E-state index contributed by atoms with van der Waals surface area (Å²) in [6, 6.07) is 0. The van der Waals surface area contributed by atoms with Crippen LogP contribution in [0, 0.1) is 22.7 Å². The van der Waals surface area contributed by atoms with Gasteiger partial charge < -0.3 is 10.6 Å². The number of hydrogen-bond donors (Lipinski definition) is 1. The van der Waals surface area contributed by atoms with Crippen molar-refractivity contribution in [2.45, 2.75) is 64.3 Å². The van der Waals surface area contributed by atoms with E-state index in [1.165, 1.54) is 19.3 Å². The van der Waals surface area contributed by atoms with E-state index < -0.39 is 0 Å². The van der Waals surface area contributed by atoms with Gasteiger partial charge >= 0.3 is 0 Å². The lowest BCUT2D eigenvalue weighted by atomic mass is 9.42. The molecule has 0 spiro atoms. The summed E-state index contributed by atoms with van der Waals surface area (Å²) in [5.41, 5.74) is 6.24. The summed E-state index contributed by atoms with van der Waals surface area (Å²) >= 11 is 0. The Morgan fingerprint density at radius 1 is 1.14 bits per heavy atom. The fraction of sp³-hybridized carbons (Fsp3) is 0.882. The second-order valence-corrected chi connectivity index (χ2v) is 9.16. The van der Waals surface area contributed by atoms with Gasteiger partial charge in [0.2, 0.25) is 11.8 Å². The van der Waals surface area contributed by atoms with Gasteiger partial charge in [-0.1, -0.05) is 13.8 Å². The van der Waals surface area contributed by atoms with Gasteiger partial charge in [0.1, 0.15) is 0 Å². The van der Waals surface area contributed by atoms with E-state index in [1.54, 1.807) is 0 Å². The highest BCUT2D eigenvalue weighted by Crippen LogP contribution is 2.68. The molecule has 5 fully saturated rings. The van der Waals surface area contributed by atoms with Gasteiger partial charge in [-0.15, -0.1) is 0 Å². The van der Waals surface area contributed by atoms with Crippen molar-refractivity contribution in [3.63, 3.8) is 0 Å². The van der Waals surface area contributed by atoms with Gasteiger partial charge in [0, 0.05) is 18.5 Å². The molecular weight excluding hydrogens is 264 g/mol. The second kappa shape index (κ2) is 3.82. The van der Waals surface area contributed by atoms with Crippen molar-refractivity contribution in [2.75, 3.05) is 6.54 Å². The van der Waals surface area contributed by atoms with Gasteiger partial charge in [0.15, 0.2) is 0 Å². The number of nitrogens with two attached hydrogens (primary N) is 1. The van der Waals surface area contributed by atoms with Crippen LogP contribution >= 0.6 is 0 Å². The molecule has 4 saturated carbocycles. The summed E-state index contributed by atoms with van der Waals surface area (Å²) in [5.74, 6) is 0.337. The molecule has 4 heteroatoms. The summed E-state index contributed by atoms with van der Waals surface area (Å²) in [6.45, 7) is 5.39.